The summed E-state index contributed by atoms with van der Waals surface area (Å²) < 4.78 is 13.3. The molecule has 2 heterocycles. The summed E-state index contributed by atoms with van der Waals surface area (Å²) in [6.07, 6.45) is 0. The molecule has 9 aromatic carbocycles. The molecule has 0 atom stereocenters. The standard InChI is InChI=1S/C54H35NO2/c1-4-12-36(13-5-1)38-22-24-39(25-23-38)41-28-32-44(33-29-41)55(43-30-26-40(27-31-43)37-14-6-2-7-15-37)48-19-11-21-50-54(48)47-35-51-46(34-52(47)57-50)53-45(18-10-20-49(53)56-51)42-16-8-3-9-17-42/h1-35H. The predicted molar refractivity (Wildman–Crippen MR) is 237 cm³/mol. The van der Waals surface area contributed by atoms with Crippen LogP contribution >= 0.6 is 0 Å². The average Bonchev–Trinajstić information content (AvgIpc) is 3.85. The third-order valence-electron chi connectivity index (χ3n) is 11.1. The number of nitrogens with zero attached hydrogens (tertiary/aromatic N) is 1. The Balaban J connectivity index is 1.06. The number of furan rings is 2. The SMILES string of the molecule is c1ccc(-c2ccc(-c3ccc(N(c4ccc(-c5ccccc5)cc4)c4cccc5oc6cc7c(cc6c45)oc4cccc(-c5ccccc5)c47)cc3)cc2)cc1. The summed E-state index contributed by atoms with van der Waals surface area (Å²) in [4.78, 5) is 2.34. The lowest BCUT2D eigenvalue weighted by Crippen LogP contribution is -2.10. The normalized spacial score (nSPS) is 11.5. The maximum Gasteiger partial charge on any atom is 0.137 e. The topological polar surface area (TPSA) is 29.5 Å². The smallest absolute Gasteiger partial charge is 0.137 e. The number of rotatable bonds is 7. The van der Waals surface area contributed by atoms with Gasteiger partial charge in [-0.25, -0.2) is 0 Å². The van der Waals surface area contributed by atoms with E-state index in [-0.39, 0.29) is 0 Å². The highest BCUT2D eigenvalue weighted by Gasteiger charge is 2.22. The molecule has 0 saturated heterocycles. The highest BCUT2D eigenvalue weighted by molar-refractivity contribution is 6.20. The fraction of sp³-hybridized carbons (Fsp3) is 0. The van der Waals surface area contributed by atoms with Gasteiger partial charge in [-0.2, -0.15) is 0 Å². The molecule has 3 heteroatoms. The molecule has 0 radical (unpaired) electrons. The van der Waals surface area contributed by atoms with Crippen molar-refractivity contribution in [2.45, 2.75) is 0 Å². The largest absolute Gasteiger partial charge is 0.456 e. The van der Waals surface area contributed by atoms with Crippen molar-refractivity contribution in [3.8, 4) is 44.5 Å². The third kappa shape index (κ3) is 5.76. The molecular formula is C54H35NO2. The number of fused-ring (bicyclic) bond motifs is 6. The molecule has 11 rings (SSSR count). The Morgan fingerprint density at radius 1 is 0.281 bits per heavy atom. The molecule has 0 aliphatic rings. The molecule has 0 aliphatic carbocycles. The lowest BCUT2D eigenvalue weighted by molar-refractivity contribution is 0.664. The minimum Gasteiger partial charge on any atom is -0.456 e. The molecule has 57 heavy (non-hydrogen) atoms. The van der Waals surface area contributed by atoms with Crippen LogP contribution in [-0.2, 0) is 0 Å². The molecule has 0 N–H and O–H groups in total. The molecule has 0 aliphatic heterocycles. The maximum absolute atomic E-state index is 6.71. The van der Waals surface area contributed by atoms with E-state index in [0.29, 0.717) is 0 Å². The second-order valence-corrected chi connectivity index (χ2v) is 14.5. The van der Waals surface area contributed by atoms with Crippen LogP contribution in [0.15, 0.2) is 221 Å². The van der Waals surface area contributed by atoms with E-state index < -0.39 is 0 Å². The van der Waals surface area contributed by atoms with Crippen LogP contribution in [0.1, 0.15) is 0 Å². The summed E-state index contributed by atoms with van der Waals surface area (Å²) in [6.45, 7) is 0. The van der Waals surface area contributed by atoms with Crippen LogP contribution in [0, 0.1) is 0 Å². The summed E-state index contributed by atoms with van der Waals surface area (Å²) >= 11 is 0. The Morgan fingerprint density at radius 3 is 1.16 bits per heavy atom. The summed E-state index contributed by atoms with van der Waals surface area (Å²) in [5.74, 6) is 0. The quantitative estimate of drug-likeness (QED) is 0.164. The van der Waals surface area contributed by atoms with Crippen molar-refractivity contribution < 1.29 is 8.83 Å². The molecule has 0 fully saturated rings. The number of benzene rings is 9. The minimum atomic E-state index is 0.823. The molecule has 268 valence electrons. The van der Waals surface area contributed by atoms with Crippen LogP contribution < -0.4 is 4.90 Å². The van der Waals surface area contributed by atoms with Crippen LogP contribution in [0.2, 0.25) is 0 Å². The zero-order valence-electron chi connectivity index (χ0n) is 31.0. The second kappa shape index (κ2) is 13.6. The zero-order valence-corrected chi connectivity index (χ0v) is 31.0. The molecule has 11 aromatic rings. The summed E-state index contributed by atoms with van der Waals surface area (Å²) in [5.41, 5.74) is 15.9. The zero-order chi connectivity index (χ0) is 37.7. The van der Waals surface area contributed by atoms with Crippen LogP contribution in [-0.4, -0.2) is 0 Å². The van der Waals surface area contributed by atoms with E-state index in [1.54, 1.807) is 0 Å². The van der Waals surface area contributed by atoms with Crippen LogP contribution in [0.25, 0.3) is 88.4 Å². The highest BCUT2D eigenvalue weighted by Crippen LogP contribution is 2.46. The van der Waals surface area contributed by atoms with Crippen molar-refractivity contribution in [1.82, 2.24) is 0 Å². The molecule has 2 aromatic heterocycles. The van der Waals surface area contributed by atoms with E-state index in [2.05, 4.69) is 211 Å². The molecule has 0 unspecified atom stereocenters. The first-order chi connectivity index (χ1) is 28.2. The Hall–Kier alpha value is -7.62. The summed E-state index contributed by atoms with van der Waals surface area (Å²) in [5, 5.41) is 4.18. The minimum absolute atomic E-state index is 0.823. The van der Waals surface area contributed by atoms with Crippen molar-refractivity contribution in [3.05, 3.63) is 212 Å². The second-order valence-electron chi connectivity index (χ2n) is 14.5. The van der Waals surface area contributed by atoms with Gasteiger partial charge in [0.1, 0.15) is 22.3 Å². The number of anilines is 3. The first-order valence-electron chi connectivity index (χ1n) is 19.3. The van der Waals surface area contributed by atoms with E-state index >= 15 is 0 Å². The van der Waals surface area contributed by atoms with Gasteiger partial charge in [0.05, 0.1) is 11.1 Å². The van der Waals surface area contributed by atoms with E-state index in [4.69, 9.17) is 8.83 Å². The van der Waals surface area contributed by atoms with Gasteiger partial charge >= 0.3 is 0 Å². The van der Waals surface area contributed by atoms with Crippen LogP contribution in [0.3, 0.4) is 0 Å². The van der Waals surface area contributed by atoms with Gasteiger partial charge < -0.3 is 13.7 Å². The third-order valence-corrected chi connectivity index (χ3v) is 11.1. The van der Waals surface area contributed by atoms with Gasteiger partial charge in [-0.05, 0) is 99.1 Å². The van der Waals surface area contributed by atoms with Crippen molar-refractivity contribution in [3.63, 3.8) is 0 Å². The van der Waals surface area contributed by atoms with Crippen molar-refractivity contribution in [2.24, 2.45) is 0 Å². The Morgan fingerprint density at radius 2 is 0.667 bits per heavy atom. The Bertz CT molecular complexity index is 3180. The Labute approximate surface area is 330 Å². The predicted octanol–water partition coefficient (Wildman–Crippen LogP) is 15.6. The van der Waals surface area contributed by atoms with Gasteiger partial charge in [-0.3, -0.25) is 0 Å². The molecular weight excluding hydrogens is 695 g/mol. The van der Waals surface area contributed by atoms with Crippen molar-refractivity contribution in [2.75, 3.05) is 4.90 Å². The molecule has 0 amide bonds. The van der Waals surface area contributed by atoms with Gasteiger partial charge in [-0.15, -0.1) is 0 Å². The van der Waals surface area contributed by atoms with Gasteiger partial charge in [0.2, 0.25) is 0 Å². The molecule has 0 spiro atoms. The highest BCUT2D eigenvalue weighted by atomic mass is 16.3. The fourth-order valence-electron chi connectivity index (χ4n) is 8.32. The number of hydrogen-bond acceptors (Lipinski definition) is 3. The van der Waals surface area contributed by atoms with E-state index in [0.717, 1.165) is 77.6 Å². The molecule has 0 bridgehead atoms. The monoisotopic (exact) mass is 729 g/mol. The lowest BCUT2D eigenvalue weighted by atomic mass is 9.99. The van der Waals surface area contributed by atoms with Gasteiger partial charge in [0.25, 0.3) is 0 Å². The molecule has 0 saturated carbocycles. The molecule has 3 nitrogen and oxygen atoms in total. The van der Waals surface area contributed by atoms with Gasteiger partial charge in [0.15, 0.2) is 0 Å². The van der Waals surface area contributed by atoms with E-state index in [9.17, 15) is 0 Å². The first-order valence-corrected chi connectivity index (χ1v) is 19.3. The Kier molecular flexibility index (Phi) is 7.82. The van der Waals surface area contributed by atoms with Crippen molar-refractivity contribution >= 4 is 60.9 Å². The average molecular weight is 730 g/mol. The summed E-state index contributed by atoms with van der Waals surface area (Å²) in [6, 6.07) is 75.0. The van der Waals surface area contributed by atoms with E-state index in [1.807, 2.05) is 6.07 Å². The number of hydrogen-bond donors (Lipinski definition) is 0. The first kappa shape index (κ1) is 32.8. The lowest BCUT2D eigenvalue weighted by Gasteiger charge is -2.26. The maximum atomic E-state index is 6.71. The van der Waals surface area contributed by atoms with Crippen LogP contribution in [0.4, 0.5) is 17.1 Å². The summed E-state index contributed by atoms with van der Waals surface area (Å²) in [7, 11) is 0. The van der Waals surface area contributed by atoms with Crippen LogP contribution in [0.5, 0.6) is 0 Å². The fourth-order valence-corrected chi connectivity index (χ4v) is 8.32. The van der Waals surface area contributed by atoms with Gasteiger partial charge in [-0.1, -0.05) is 158 Å². The van der Waals surface area contributed by atoms with Crippen molar-refractivity contribution in [1.29, 1.82) is 0 Å². The van der Waals surface area contributed by atoms with E-state index in [1.165, 1.54) is 27.8 Å². The van der Waals surface area contributed by atoms with Gasteiger partial charge in [0, 0.05) is 27.5 Å².